The van der Waals surface area contributed by atoms with Crippen molar-refractivity contribution in [2.24, 2.45) is 12.5 Å². The van der Waals surface area contributed by atoms with E-state index in [0.29, 0.717) is 17.9 Å². The molecule has 2 atom stereocenters. The van der Waals surface area contributed by atoms with Crippen molar-refractivity contribution < 1.29 is 13.2 Å². The molecular weight excluding hydrogens is 495 g/mol. The zero-order valence-corrected chi connectivity index (χ0v) is 22.7. The zero-order valence-electron chi connectivity index (χ0n) is 21.9. The molecule has 2 aliphatic carbocycles. The van der Waals surface area contributed by atoms with Crippen LogP contribution in [0.15, 0.2) is 41.7 Å². The number of hydrogen-bond acceptors (Lipinski definition) is 5. The first kappa shape index (κ1) is 26.6. The number of nitrogens with zero attached hydrogens (tertiary/aromatic N) is 4. The molecule has 3 fully saturated rings. The molecule has 9 heteroatoms. The lowest BCUT2D eigenvalue weighted by Crippen LogP contribution is -2.31. The molecule has 2 unspecified atom stereocenters. The Bertz CT molecular complexity index is 1090. The Morgan fingerprint density at radius 2 is 1.89 bits per heavy atom. The first-order chi connectivity index (χ1) is 17.6. The normalized spacial score (nSPS) is 28.1. The number of likely N-dealkylation sites (tertiary alicyclic amines) is 1. The predicted molar refractivity (Wildman–Crippen MR) is 142 cm³/mol. The summed E-state index contributed by atoms with van der Waals surface area (Å²) in [7, 11) is 2.09. The monoisotopic (exact) mass is 533 g/mol. The maximum absolute atomic E-state index is 12.9. The van der Waals surface area contributed by atoms with Crippen LogP contribution >= 0.6 is 11.8 Å². The minimum absolute atomic E-state index is 0.268. The lowest BCUT2D eigenvalue weighted by atomic mass is 9.85. The maximum atomic E-state index is 12.9. The molecular formula is C28H38F3N5S. The number of halogens is 3. The molecule has 0 radical (unpaired) electrons. The smallest absolute Gasteiger partial charge is 0.386 e. The molecule has 5 rings (SSSR count). The van der Waals surface area contributed by atoms with Crippen LogP contribution < -0.4 is 5.32 Å². The van der Waals surface area contributed by atoms with Gasteiger partial charge in [-0.15, -0.1) is 10.2 Å². The first-order valence-corrected chi connectivity index (χ1v) is 14.5. The van der Waals surface area contributed by atoms with Gasteiger partial charge in [0.25, 0.3) is 0 Å². The van der Waals surface area contributed by atoms with E-state index < -0.39 is 11.7 Å². The van der Waals surface area contributed by atoms with E-state index in [9.17, 15) is 13.2 Å². The van der Waals surface area contributed by atoms with Crippen LogP contribution in [0.2, 0.25) is 0 Å². The summed E-state index contributed by atoms with van der Waals surface area (Å²) in [6, 6.07) is 6.36. The van der Waals surface area contributed by atoms with E-state index in [2.05, 4.69) is 38.6 Å². The fraction of sp³-hybridized carbons (Fsp3) is 0.643. The Morgan fingerprint density at radius 1 is 1.16 bits per heavy atom. The van der Waals surface area contributed by atoms with Gasteiger partial charge >= 0.3 is 6.18 Å². The number of benzene rings is 1. The summed E-state index contributed by atoms with van der Waals surface area (Å²) in [5, 5.41) is 13.5. The molecule has 2 aromatic rings. The number of aromatic nitrogens is 3. The van der Waals surface area contributed by atoms with Gasteiger partial charge in [0.2, 0.25) is 0 Å². The lowest BCUT2D eigenvalue weighted by Gasteiger charge is -2.29. The van der Waals surface area contributed by atoms with Crippen LogP contribution in [0.4, 0.5) is 13.2 Å². The van der Waals surface area contributed by atoms with Crippen molar-refractivity contribution >= 4 is 11.8 Å². The van der Waals surface area contributed by atoms with Gasteiger partial charge in [-0.2, -0.15) is 13.2 Å². The second-order valence-electron chi connectivity index (χ2n) is 11.3. The average molecular weight is 534 g/mol. The van der Waals surface area contributed by atoms with Crippen molar-refractivity contribution in [2.75, 3.05) is 25.4 Å². The number of hydrogen-bond donors (Lipinski definition) is 1. The molecule has 0 amide bonds. The van der Waals surface area contributed by atoms with Gasteiger partial charge in [0.1, 0.15) is 5.82 Å². The summed E-state index contributed by atoms with van der Waals surface area (Å²) in [4.78, 5) is 2.53. The maximum Gasteiger partial charge on any atom is 0.416 e. The fourth-order valence-electron chi connectivity index (χ4n) is 6.45. The van der Waals surface area contributed by atoms with Gasteiger partial charge in [-0.3, -0.25) is 0 Å². The molecule has 3 aliphatic rings. The Labute approximate surface area is 222 Å². The Balaban J connectivity index is 1.04. The highest BCUT2D eigenvalue weighted by Crippen LogP contribution is 2.64. The van der Waals surface area contributed by atoms with Gasteiger partial charge in [0.05, 0.1) is 5.56 Å². The van der Waals surface area contributed by atoms with Crippen LogP contribution in [0, 0.1) is 5.41 Å². The third-order valence-electron chi connectivity index (χ3n) is 8.56. The Kier molecular flexibility index (Phi) is 7.65. The van der Waals surface area contributed by atoms with Crippen LogP contribution in [-0.4, -0.2) is 51.1 Å². The lowest BCUT2D eigenvalue weighted by molar-refractivity contribution is -0.137. The van der Waals surface area contributed by atoms with E-state index in [1.807, 2.05) is 6.92 Å². The summed E-state index contributed by atoms with van der Waals surface area (Å²) < 4.78 is 40.8. The Hall–Kier alpha value is -2.00. The molecule has 202 valence electrons. The number of rotatable bonds is 9. The largest absolute Gasteiger partial charge is 0.416 e. The standard InChI is InChI=1S/C28H38F3N5S/c1-19(2)32-23-11-7-21(8-12-23)25-33-34-26(35(25)3)37-16-4-14-36-15-13-27(18-36)17-24(27)20-5-9-22(10-6-20)28(29,30)31/h5-6,9-10,21,23-24,32H,1,4,7-8,11-18H2,2-3H3/t21-,23+,24?,27?. The zero-order chi connectivity index (χ0) is 26.2. The molecule has 2 saturated carbocycles. The van der Waals surface area contributed by atoms with E-state index in [1.165, 1.54) is 12.1 Å². The first-order valence-electron chi connectivity index (χ1n) is 13.5. The van der Waals surface area contributed by atoms with E-state index in [0.717, 1.165) is 92.6 Å². The second kappa shape index (κ2) is 10.6. The van der Waals surface area contributed by atoms with Crippen molar-refractivity contribution in [3.63, 3.8) is 0 Å². The SMILES string of the molecule is C=C(C)N[C@H]1CC[C@@H](c2nnc(SCCCN3CCC4(CC4c4ccc(C(F)(F)F)cc4)C3)n2C)CC1. The van der Waals surface area contributed by atoms with Gasteiger partial charge in [-0.1, -0.05) is 30.5 Å². The molecule has 1 spiro atoms. The summed E-state index contributed by atoms with van der Waals surface area (Å²) >= 11 is 1.79. The molecule has 1 N–H and O–H groups in total. The summed E-state index contributed by atoms with van der Waals surface area (Å²) in [5.74, 6) is 3.00. The molecule has 0 bridgehead atoms. The quantitative estimate of drug-likeness (QED) is 0.301. The van der Waals surface area contributed by atoms with Gasteiger partial charge in [-0.05, 0) is 94.0 Å². The minimum Gasteiger partial charge on any atom is -0.386 e. The number of allylic oxidation sites excluding steroid dienone is 1. The fourth-order valence-corrected chi connectivity index (χ4v) is 7.29. The second-order valence-corrected chi connectivity index (χ2v) is 12.4. The van der Waals surface area contributed by atoms with Crippen molar-refractivity contribution in [3.05, 3.63) is 53.5 Å². The molecule has 1 saturated heterocycles. The van der Waals surface area contributed by atoms with Gasteiger partial charge in [0.15, 0.2) is 5.16 Å². The highest BCUT2D eigenvalue weighted by atomic mass is 32.2. The van der Waals surface area contributed by atoms with Gasteiger partial charge in [0, 0.05) is 37.0 Å². The predicted octanol–water partition coefficient (Wildman–Crippen LogP) is 6.35. The highest BCUT2D eigenvalue weighted by Gasteiger charge is 2.57. The number of nitrogens with one attached hydrogen (secondary N) is 1. The average Bonchev–Trinajstić information content (AvgIpc) is 3.20. The van der Waals surface area contributed by atoms with Crippen molar-refractivity contribution in [1.29, 1.82) is 0 Å². The third kappa shape index (κ3) is 6.03. The van der Waals surface area contributed by atoms with E-state index in [4.69, 9.17) is 0 Å². The summed E-state index contributed by atoms with van der Waals surface area (Å²) in [6.45, 7) is 9.18. The van der Waals surface area contributed by atoms with E-state index in [-0.39, 0.29) is 5.41 Å². The van der Waals surface area contributed by atoms with Crippen LogP contribution in [0.3, 0.4) is 0 Å². The van der Waals surface area contributed by atoms with Crippen LogP contribution in [0.25, 0.3) is 0 Å². The van der Waals surface area contributed by atoms with Gasteiger partial charge < -0.3 is 14.8 Å². The van der Waals surface area contributed by atoms with Crippen LogP contribution in [0.1, 0.15) is 80.7 Å². The van der Waals surface area contributed by atoms with Crippen molar-refractivity contribution in [2.45, 2.75) is 81.1 Å². The van der Waals surface area contributed by atoms with Crippen LogP contribution in [-0.2, 0) is 13.2 Å². The van der Waals surface area contributed by atoms with Crippen molar-refractivity contribution in [3.8, 4) is 0 Å². The van der Waals surface area contributed by atoms with Crippen LogP contribution in [0.5, 0.6) is 0 Å². The molecule has 37 heavy (non-hydrogen) atoms. The molecule has 1 aliphatic heterocycles. The molecule has 2 heterocycles. The van der Waals surface area contributed by atoms with E-state index >= 15 is 0 Å². The van der Waals surface area contributed by atoms with Gasteiger partial charge in [-0.25, -0.2) is 0 Å². The topological polar surface area (TPSA) is 46.0 Å². The molecule has 5 nitrogen and oxygen atoms in total. The Morgan fingerprint density at radius 3 is 2.57 bits per heavy atom. The van der Waals surface area contributed by atoms with E-state index in [1.54, 1.807) is 23.9 Å². The highest BCUT2D eigenvalue weighted by molar-refractivity contribution is 7.99. The van der Waals surface area contributed by atoms with Crippen molar-refractivity contribution in [1.82, 2.24) is 25.0 Å². The molecule has 1 aromatic heterocycles. The summed E-state index contributed by atoms with van der Waals surface area (Å²) in [6.07, 6.45) is 3.60. The summed E-state index contributed by atoms with van der Waals surface area (Å²) in [5.41, 5.74) is 1.81. The number of thioether (sulfide) groups is 1. The minimum atomic E-state index is -4.27. The number of alkyl halides is 3. The molecule has 1 aromatic carbocycles. The third-order valence-corrected chi connectivity index (χ3v) is 9.66.